The van der Waals surface area contributed by atoms with Crippen LogP contribution in [0.5, 0.6) is 0 Å². The van der Waals surface area contributed by atoms with Gasteiger partial charge >= 0.3 is 0 Å². The second kappa shape index (κ2) is 4.83. The largest absolute Gasteiger partial charge is 0.395 e. The summed E-state index contributed by atoms with van der Waals surface area (Å²) in [4.78, 5) is 2.24. The fourth-order valence-corrected chi connectivity index (χ4v) is 2.82. The van der Waals surface area contributed by atoms with Gasteiger partial charge in [-0.15, -0.1) is 0 Å². The Morgan fingerprint density at radius 1 is 1.17 bits per heavy atom. The molecule has 0 saturated carbocycles. The zero-order valence-electron chi connectivity index (χ0n) is 10.3. The van der Waals surface area contributed by atoms with Gasteiger partial charge in [0.1, 0.15) is 0 Å². The van der Waals surface area contributed by atoms with Crippen LogP contribution in [-0.2, 0) is 0 Å². The lowest BCUT2D eigenvalue weighted by atomic mass is 9.95. The molecule has 2 nitrogen and oxygen atoms in total. The maximum absolute atomic E-state index is 9.28. The quantitative estimate of drug-likeness (QED) is 0.801. The average Bonchev–Trinajstić information content (AvgIpc) is 2.66. The molecule has 1 N–H and O–H groups in total. The highest BCUT2D eigenvalue weighted by atomic mass is 16.3. The first kappa shape index (κ1) is 11.3. The van der Waals surface area contributed by atoms with Crippen LogP contribution < -0.4 is 0 Å². The second-order valence-corrected chi connectivity index (χ2v) is 4.62. The van der Waals surface area contributed by atoms with E-state index in [1.54, 1.807) is 0 Å². The van der Waals surface area contributed by atoms with Gasteiger partial charge < -0.3 is 10.0 Å². The normalized spacial score (nSPS) is 24.8. The molecule has 18 heavy (non-hydrogen) atoms. The summed E-state index contributed by atoms with van der Waals surface area (Å²) in [7, 11) is 0. The van der Waals surface area contributed by atoms with Crippen molar-refractivity contribution in [1.29, 1.82) is 0 Å². The molecule has 0 radical (unpaired) electrons. The number of rotatable bonds is 2. The third kappa shape index (κ3) is 1.79. The number of nitrogens with zero attached hydrogens (tertiary/aromatic N) is 1. The van der Waals surface area contributed by atoms with E-state index in [2.05, 4.69) is 59.6 Å². The zero-order chi connectivity index (χ0) is 12.4. The lowest BCUT2D eigenvalue weighted by Crippen LogP contribution is -2.22. The van der Waals surface area contributed by atoms with Crippen molar-refractivity contribution in [3.05, 3.63) is 71.7 Å². The summed E-state index contributed by atoms with van der Waals surface area (Å²) in [6, 6.07) is 0. The predicted octanol–water partition coefficient (Wildman–Crippen LogP) is 2.69. The molecule has 3 rings (SSSR count). The smallest absolute Gasteiger partial charge is 0.0610 e. The van der Waals surface area contributed by atoms with E-state index in [1.165, 1.54) is 17.0 Å². The molecule has 0 aromatic rings. The highest BCUT2D eigenvalue weighted by Crippen LogP contribution is 2.41. The minimum atomic E-state index is 0.176. The molecule has 2 heteroatoms. The van der Waals surface area contributed by atoms with Gasteiger partial charge in [0.05, 0.1) is 6.61 Å². The van der Waals surface area contributed by atoms with E-state index < -0.39 is 0 Å². The second-order valence-electron chi connectivity index (χ2n) is 4.62. The summed E-state index contributed by atoms with van der Waals surface area (Å²) in [5, 5.41) is 9.28. The van der Waals surface area contributed by atoms with Crippen molar-refractivity contribution in [3.63, 3.8) is 0 Å². The van der Waals surface area contributed by atoms with Crippen LogP contribution in [0.15, 0.2) is 71.7 Å². The van der Waals surface area contributed by atoms with Crippen molar-refractivity contribution < 1.29 is 5.11 Å². The molecular formula is C16H17NO. The third-order valence-electron chi connectivity index (χ3n) is 3.58. The van der Waals surface area contributed by atoms with Gasteiger partial charge in [-0.3, -0.25) is 0 Å². The van der Waals surface area contributed by atoms with E-state index in [-0.39, 0.29) is 6.61 Å². The number of hydrogen-bond donors (Lipinski definition) is 1. The number of hydrogen-bond acceptors (Lipinski definition) is 2. The van der Waals surface area contributed by atoms with Crippen LogP contribution in [-0.4, -0.2) is 23.2 Å². The Morgan fingerprint density at radius 3 is 3.00 bits per heavy atom. The van der Waals surface area contributed by atoms with Gasteiger partial charge in [0.15, 0.2) is 0 Å². The first-order chi connectivity index (χ1) is 8.92. The van der Waals surface area contributed by atoms with E-state index in [9.17, 15) is 5.11 Å². The number of allylic oxidation sites excluding steroid dienone is 9. The van der Waals surface area contributed by atoms with Crippen molar-refractivity contribution in [3.8, 4) is 0 Å². The molecule has 0 bridgehead atoms. The van der Waals surface area contributed by atoms with Gasteiger partial charge in [0.2, 0.25) is 0 Å². The van der Waals surface area contributed by atoms with E-state index in [1.807, 2.05) is 0 Å². The number of aliphatic hydroxyl groups excluding tert-OH is 1. The van der Waals surface area contributed by atoms with Crippen LogP contribution in [0.1, 0.15) is 6.42 Å². The van der Waals surface area contributed by atoms with Crippen LogP contribution >= 0.6 is 0 Å². The minimum Gasteiger partial charge on any atom is -0.395 e. The van der Waals surface area contributed by atoms with Crippen LogP contribution in [0, 0.1) is 5.92 Å². The molecule has 2 aliphatic carbocycles. The molecule has 1 unspecified atom stereocenters. The SMILES string of the molecule is OCCN1C2=CC=CC=CC2C2=C1C=CC=CC2. The van der Waals surface area contributed by atoms with Gasteiger partial charge in [0, 0.05) is 23.9 Å². The molecule has 1 atom stereocenters. The van der Waals surface area contributed by atoms with Crippen molar-refractivity contribution >= 4 is 0 Å². The number of aliphatic hydroxyl groups is 1. The van der Waals surface area contributed by atoms with E-state index in [4.69, 9.17) is 0 Å². The Balaban J connectivity index is 2.06. The van der Waals surface area contributed by atoms with Gasteiger partial charge in [-0.25, -0.2) is 0 Å². The first-order valence-corrected chi connectivity index (χ1v) is 6.41. The summed E-state index contributed by atoms with van der Waals surface area (Å²) in [6.07, 6.45) is 20.2. The summed E-state index contributed by atoms with van der Waals surface area (Å²) < 4.78 is 0. The van der Waals surface area contributed by atoms with Crippen LogP contribution in [0.2, 0.25) is 0 Å². The molecule has 0 aromatic carbocycles. The summed E-state index contributed by atoms with van der Waals surface area (Å²) in [5.74, 6) is 0.356. The fourth-order valence-electron chi connectivity index (χ4n) is 2.82. The highest BCUT2D eigenvalue weighted by Gasteiger charge is 2.32. The summed E-state index contributed by atoms with van der Waals surface area (Å²) >= 11 is 0. The van der Waals surface area contributed by atoms with Crippen LogP contribution in [0.25, 0.3) is 0 Å². The topological polar surface area (TPSA) is 23.5 Å². The van der Waals surface area contributed by atoms with E-state index >= 15 is 0 Å². The summed E-state index contributed by atoms with van der Waals surface area (Å²) in [6.45, 7) is 0.836. The third-order valence-corrected chi connectivity index (χ3v) is 3.58. The van der Waals surface area contributed by atoms with Crippen molar-refractivity contribution in [2.75, 3.05) is 13.2 Å². The standard InChI is InChI=1S/C16H17NO/c18-12-11-17-15-9-5-1-3-7-13(15)14-8-4-2-6-10-16(14)17/h1-7,9-10,13,18H,8,11-12H2. The van der Waals surface area contributed by atoms with Crippen molar-refractivity contribution in [2.45, 2.75) is 6.42 Å². The Kier molecular flexibility index (Phi) is 3.03. The molecule has 92 valence electrons. The van der Waals surface area contributed by atoms with Gasteiger partial charge in [-0.1, -0.05) is 42.5 Å². The molecule has 3 aliphatic rings. The van der Waals surface area contributed by atoms with E-state index in [0.29, 0.717) is 12.5 Å². The minimum absolute atomic E-state index is 0.176. The molecule has 0 fully saturated rings. The molecule has 0 spiro atoms. The first-order valence-electron chi connectivity index (χ1n) is 6.41. The molecule has 0 amide bonds. The molecular weight excluding hydrogens is 222 g/mol. The van der Waals surface area contributed by atoms with E-state index in [0.717, 1.165) is 6.42 Å². The monoisotopic (exact) mass is 239 g/mol. The fraction of sp³-hybridized carbons (Fsp3) is 0.250. The van der Waals surface area contributed by atoms with Gasteiger partial charge in [-0.05, 0) is 24.1 Å². The Hall–Kier alpha value is -1.80. The van der Waals surface area contributed by atoms with Crippen molar-refractivity contribution in [1.82, 2.24) is 4.90 Å². The zero-order valence-corrected chi connectivity index (χ0v) is 10.3. The maximum atomic E-state index is 9.28. The van der Waals surface area contributed by atoms with Gasteiger partial charge in [-0.2, -0.15) is 0 Å². The maximum Gasteiger partial charge on any atom is 0.0610 e. The lowest BCUT2D eigenvalue weighted by molar-refractivity contribution is 0.253. The van der Waals surface area contributed by atoms with Gasteiger partial charge in [0.25, 0.3) is 0 Å². The Labute approximate surface area is 108 Å². The Bertz CT molecular complexity index is 517. The number of β-amino-alcohol motifs (C(OH)–C–C–N with tert-alkyl or cyclic N) is 1. The molecule has 0 aromatic heterocycles. The molecule has 0 saturated heterocycles. The number of fused-ring (bicyclic) bond motifs is 2. The predicted molar refractivity (Wildman–Crippen MR) is 73.6 cm³/mol. The Morgan fingerprint density at radius 2 is 2.11 bits per heavy atom. The summed E-state index contributed by atoms with van der Waals surface area (Å²) in [5.41, 5.74) is 3.96. The van der Waals surface area contributed by atoms with Crippen molar-refractivity contribution in [2.24, 2.45) is 5.92 Å². The molecule has 1 aliphatic heterocycles. The molecule has 1 heterocycles. The van der Waals surface area contributed by atoms with Crippen LogP contribution in [0.3, 0.4) is 0 Å². The van der Waals surface area contributed by atoms with Crippen LogP contribution in [0.4, 0.5) is 0 Å². The average molecular weight is 239 g/mol. The lowest BCUT2D eigenvalue weighted by Gasteiger charge is -2.22. The highest BCUT2D eigenvalue weighted by molar-refractivity contribution is 5.48.